The lowest BCUT2D eigenvalue weighted by atomic mass is 10.1. The van der Waals surface area contributed by atoms with Crippen LogP contribution in [-0.4, -0.2) is 35.0 Å². The van der Waals surface area contributed by atoms with Crippen molar-refractivity contribution in [1.29, 1.82) is 0 Å². The molecule has 0 saturated heterocycles. The number of para-hydroxylation sites is 1. The molecule has 2 aromatic carbocycles. The Balaban J connectivity index is 1.70. The molecular weight excluding hydrogens is 354 g/mol. The van der Waals surface area contributed by atoms with Gasteiger partial charge in [0.05, 0.1) is 37.8 Å². The van der Waals surface area contributed by atoms with Gasteiger partial charge in [0.1, 0.15) is 5.69 Å². The summed E-state index contributed by atoms with van der Waals surface area (Å²) in [7, 11) is 3.07. The predicted octanol–water partition coefficient (Wildman–Crippen LogP) is 3.94. The van der Waals surface area contributed by atoms with Crippen molar-refractivity contribution in [3.8, 4) is 22.8 Å². The number of hydrogen-bond donors (Lipinski definition) is 0. The van der Waals surface area contributed by atoms with Crippen LogP contribution in [0.3, 0.4) is 0 Å². The zero-order valence-corrected chi connectivity index (χ0v) is 15.4. The van der Waals surface area contributed by atoms with E-state index < -0.39 is 0 Å². The molecule has 0 saturated carbocycles. The molecule has 0 amide bonds. The van der Waals surface area contributed by atoms with E-state index >= 15 is 0 Å². The molecule has 0 radical (unpaired) electrons. The first-order valence-electron chi connectivity index (χ1n) is 8.63. The Bertz CT molecular complexity index is 1170. The number of aromatic nitrogens is 3. The van der Waals surface area contributed by atoms with Gasteiger partial charge in [-0.15, -0.1) is 0 Å². The highest BCUT2D eigenvalue weighted by atomic mass is 16.5. The summed E-state index contributed by atoms with van der Waals surface area (Å²) in [5.74, 6) is 0.793. The molecule has 0 aliphatic carbocycles. The Morgan fingerprint density at radius 1 is 0.893 bits per heavy atom. The molecule has 0 fully saturated rings. The second-order valence-corrected chi connectivity index (χ2v) is 6.11. The summed E-state index contributed by atoms with van der Waals surface area (Å²) in [6.07, 6.45) is 4.81. The van der Waals surface area contributed by atoms with E-state index in [0.717, 1.165) is 16.5 Å². The zero-order valence-electron chi connectivity index (χ0n) is 15.4. The smallest absolute Gasteiger partial charge is 0.213 e. The van der Waals surface area contributed by atoms with Crippen LogP contribution in [0.1, 0.15) is 16.1 Å². The Morgan fingerprint density at radius 2 is 1.71 bits per heavy atom. The van der Waals surface area contributed by atoms with Gasteiger partial charge in [-0.25, -0.2) is 4.98 Å². The predicted molar refractivity (Wildman–Crippen MR) is 106 cm³/mol. The van der Waals surface area contributed by atoms with E-state index in [-0.39, 0.29) is 11.5 Å². The van der Waals surface area contributed by atoms with Gasteiger partial charge in [-0.3, -0.25) is 14.8 Å². The molecule has 2 aromatic heterocycles. The van der Waals surface area contributed by atoms with E-state index in [2.05, 4.69) is 15.0 Å². The lowest BCUT2D eigenvalue weighted by molar-refractivity contribution is 0.103. The van der Waals surface area contributed by atoms with Gasteiger partial charge in [-0.2, -0.15) is 0 Å². The normalized spacial score (nSPS) is 10.6. The fraction of sp³-hybridized carbons (Fsp3) is 0.0909. The van der Waals surface area contributed by atoms with Crippen molar-refractivity contribution < 1.29 is 14.3 Å². The molecule has 0 atom stereocenters. The van der Waals surface area contributed by atoms with E-state index in [1.165, 1.54) is 13.3 Å². The van der Waals surface area contributed by atoms with Crippen LogP contribution < -0.4 is 9.47 Å². The van der Waals surface area contributed by atoms with Crippen LogP contribution in [0.2, 0.25) is 0 Å². The number of benzene rings is 2. The number of nitrogens with zero attached hydrogens (tertiary/aromatic N) is 3. The van der Waals surface area contributed by atoms with Gasteiger partial charge in [0.15, 0.2) is 11.5 Å². The number of hydrogen-bond acceptors (Lipinski definition) is 6. The lowest BCUT2D eigenvalue weighted by Crippen LogP contribution is -2.06. The Morgan fingerprint density at radius 3 is 2.54 bits per heavy atom. The van der Waals surface area contributed by atoms with Crippen LogP contribution in [0.4, 0.5) is 0 Å². The molecule has 4 rings (SSSR count). The maximum absolute atomic E-state index is 12.9. The van der Waals surface area contributed by atoms with E-state index in [0.29, 0.717) is 22.8 Å². The van der Waals surface area contributed by atoms with Crippen LogP contribution in [0.25, 0.3) is 22.2 Å². The molecule has 6 heteroatoms. The van der Waals surface area contributed by atoms with Crippen molar-refractivity contribution >= 4 is 16.7 Å². The highest BCUT2D eigenvalue weighted by Gasteiger charge is 2.15. The quantitative estimate of drug-likeness (QED) is 0.495. The fourth-order valence-electron chi connectivity index (χ4n) is 2.95. The maximum Gasteiger partial charge on any atom is 0.213 e. The van der Waals surface area contributed by atoms with Crippen molar-refractivity contribution in [3.63, 3.8) is 0 Å². The number of fused-ring (bicyclic) bond motifs is 1. The van der Waals surface area contributed by atoms with Crippen LogP contribution >= 0.6 is 0 Å². The number of carbonyl (C=O) groups is 1. The molecule has 28 heavy (non-hydrogen) atoms. The average Bonchev–Trinajstić information content (AvgIpc) is 2.77. The molecule has 0 N–H and O–H groups in total. The van der Waals surface area contributed by atoms with E-state index in [1.807, 2.05) is 30.3 Å². The topological polar surface area (TPSA) is 74.2 Å². The van der Waals surface area contributed by atoms with E-state index in [4.69, 9.17) is 9.47 Å². The molecule has 2 heterocycles. The monoisotopic (exact) mass is 371 g/mol. The minimum absolute atomic E-state index is 0.246. The number of rotatable bonds is 5. The summed E-state index contributed by atoms with van der Waals surface area (Å²) in [4.78, 5) is 26.0. The third-order valence-electron chi connectivity index (χ3n) is 4.40. The van der Waals surface area contributed by atoms with Crippen molar-refractivity contribution in [2.45, 2.75) is 0 Å². The van der Waals surface area contributed by atoms with E-state index in [1.54, 1.807) is 37.7 Å². The van der Waals surface area contributed by atoms with Gasteiger partial charge in [0, 0.05) is 22.7 Å². The van der Waals surface area contributed by atoms with Gasteiger partial charge >= 0.3 is 0 Å². The summed E-state index contributed by atoms with van der Waals surface area (Å²) in [5.41, 5.74) is 2.98. The molecular formula is C22H17N3O3. The summed E-state index contributed by atoms with van der Waals surface area (Å²) >= 11 is 0. The van der Waals surface area contributed by atoms with Crippen LogP contribution in [0.5, 0.6) is 11.5 Å². The number of ether oxygens (including phenoxy) is 2. The molecule has 0 bridgehead atoms. The van der Waals surface area contributed by atoms with Gasteiger partial charge in [-0.05, 0) is 30.3 Å². The van der Waals surface area contributed by atoms with Crippen LogP contribution in [-0.2, 0) is 0 Å². The van der Waals surface area contributed by atoms with Crippen LogP contribution in [0.15, 0.2) is 67.1 Å². The van der Waals surface area contributed by atoms with Gasteiger partial charge in [-0.1, -0.05) is 18.2 Å². The highest BCUT2D eigenvalue weighted by Crippen LogP contribution is 2.28. The lowest BCUT2D eigenvalue weighted by Gasteiger charge is -2.09. The first-order chi connectivity index (χ1) is 13.7. The number of ketones is 1. The van der Waals surface area contributed by atoms with Crippen LogP contribution in [0, 0.1) is 0 Å². The Kier molecular flexibility index (Phi) is 4.68. The molecule has 0 unspecified atom stereocenters. The molecule has 6 nitrogen and oxygen atoms in total. The number of methoxy groups -OCH3 is 2. The molecule has 138 valence electrons. The minimum Gasteiger partial charge on any atom is -0.493 e. The Labute approximate surface area is 161 Å². The standard InChI is InChI=1S/C22H17N3O3/c1-27-20-8-7-15(10-21(20)28-2)22(26)19-13-23-12-18(25-19)16-9-14-5-3-4-6-17(14)24-11-16/h3-13H,1-2H3. The average molecular weight is 371 g/mol. The highest BCUT2D eigenvalue weighted by molar-refractivity contribution is 6.08. The van der Waals surface area contributed by atoms with Crippen molar-refractivity contribution in [2.24, 2.45) is 0 Å². The SMILES string of the molecule is COc1ccc(C(=O)c2cncc(-c3cnc4ccccc4c3)n2)cc1OC. The maximum atomic E-state index is 12.9. The molecule has 0 spiro atoms. The first-order valence-corrected chi connectivity index (χ1v) is 8.63. The second kappa shape index (κ2) is 7.44. The number of pyridine rings is 1. The third kappa shape index (κ3) is 3.27. The first kappa shape index (κ1) is 17.6. The summed E-state index contributed by atoms with van der Waals surface area (Å²) in [6.45, 7) is 0. The second-order valence-electron chi connectivity index (χ2n) is 6.11. The molecule has 0 aliphatic heterocycles. The molecule has 0 aliphatic rings. The van der Waals surface area contributed by atoms with Crippen molar-refractivity contribution in [3.05, 3.63) is 78.4 Å². The van der Waals surface area contributed by atoms with E-state index in [9.17, 15) is 4.79 Å². The largest absolute Gasteiger partial charge is 0.493 e. The Hall–Kier alpha value is -3.80. The van der Waals surface area contributed by atoms with Gasteiger partial charge in [0.2, 0.25) is 5.78 Å². The minimum atomic E-state index is -0.246. The van der Waals surface area contributed by atoms with Crippen molar-refractivity contribution in [1.82, 2.24) is 15.0 Å². The summed E-state index contributed by atoms with van der Waals surface area (Å²) in [5, 5.41) is 0.999. The summed E-state index contributed by atoms with van der Waals surface area (Å²) < 4.78 is 10.5. The van der Waals surface area contributed by atoms with Gasteiger partial charge < -0.3 is 9.47 Å². The third-order valence-corrected chi connectivity index (χ3v) is 4.40. The fourth-order valence-corrected chi connectivity index (χ4v) is 2.95. The zero-order chi connectivity index (χ0) is 19.5. The summed E-state index contributed by atoms with van der Waals surface area (Å²) in [6, 6.07) is 14.8. The van der Waals surface area contributed by atoms with Gasteiger partial charge in [0.25, 0.3) is 0 Å². The van der Waals surface area contributed by atoms with Crippen molar-refractivity contribution in [2.75, 3.05) is 14.2 Å². The molecule has 4 aromatic rings. The number of carbonyl (C=O) groups excluding carboxylic acids is 1.